The minimum Gasteiger partial charge on any atom is -0.484 e. The first kappa shape index (κ1) is 13.1. The molecule has 2 atom stereocenters. The van der Waals surface area contributed by atoms with Crippen molar-refractivity contribution in [3.63, 3.8) is 0 Å². The number of pyridine rings is 1. The van der Waals surface area contributed by atoms with E-state index in [1.807, 2.05) is 18.2 Å². The molecule has 1 aliphatic rings. The molecule has 1 unspecified atom stereocenters. The Hall–Kier alpha value is -1.94. The van der Waals surface area contributed by atoms with Crippen molar-refractivity contribution in [3.8, 4) is 5.75 Å². The van der Waals surface area contributed by atoms with Gasteiger partial charge in [0.05, 0.1) is 6.20 Å². The fourth-order valence-corrected chi connectivity index (χ4v) is 2.59. The highest BCUT2D eigenvalue weighted by molar-refractivity contribution is 5.23. The summed E-state index contributed by atoms with van der Waals surface area (Å²) in [5.41, 5.74) is 1.14. The Morgan fingerprint density at radius 2 is 2.05 bits per heavy atom. The topological polar surface area (TPSA) is 34.1 Å². The van der Waals surface area contributed by atoms with Crippen LogP contribution in [0.3, 0.4) is 0 Å². The van der Waals surface area contributed by atoms with Crippen molar-refractivity contribution in [2.75, 3.05) is 13.1 Å². The summed E-state index contributed by atoms with van der Waals surface area (Å²) in [5, 5.41) is 3.36. The Kier molecular flexibility index (Phi) is 3.92. The highest BCUT2D eigenvalue weighted by atomic mass is 19.1. The van der Waals surface area contributed by atoms with E-state index < -0.39 is 5.95 Å². The zero-order valence-electron chi connectivity index (χ0n) is 11.1. The monoisotopic (exact) mass is 272 g/mol. The number of benzene rings is 1. The van der Waals surface area contributed by atoms with Crippen LogP contribution in [-0.4, -0.2) is 18.1 Å². The molecule has 1 aliphatic heterocycles. The summed E-state index contributed by atoms with van der Waals surface area (Å²) in [6.45, 7) is 1.95. The SMILES string of the molecule is Fc1ccc(O[C@@H](c2ccccc2)C2CCNC2)cn1. The van der Waals surface area contributed by atoms with Crippen molar-refractivity contribution >= 4 is 0 Å². The van der Waals surface area contributed by atoms with Gasteiger partial charge in [0.25, 0.3) is 0 Å². The summed E-state index contributed by atoms with van der Waals surface area (Å²) in [4.78, 5) is 3.65. The number of halogens is 1. The molecule has 2 aromatic rings. The van der Waals surface area contributed by atoms with E-state index in [0.717, 1.165) is 25.1 Å². The van der Waals surface area contributed by atoms with Gasteiger partial charge in [0.2, 0.25) is 5.95 Å². The molecule has 1 aromatic heterocycles. The van der Waals surface area contributed by atoms with Crippen molar-refractivity contribution in [2.24, 2.45) is 5.92 Å². The molecule has 0 saturated carbocycles. The summed E-state index contributed by atoms with van der Waals surface area (Å²) < 4.78 is 18.9. The van der Waals surface area contributed by atoms with Crippen molar-refractivity contribution in [1.29, 1.82) is 0 Å². The van der Waals surface area contributed by atoms with Gasteiger partial charge >= 0.3 is 0 Å². The third kappa shape index (κ3) is 2.96. The van der Waals surface area contributed by atoms with Gasteiger partial charge in [-0.25, -0.2) is 4.98 Å². The van der Waals surface area contributed by atoms with E-state index in [-0.39, 0.29) is 6.10 Å². The van der Waals surface area contributed by atoms with Gasteiger partial charge in [0, 0.05) is 12.5 Å². The van der Waals surface area contributed by atoms with E-state index in [2.05, 4.69) is 22.4 Å². The lowest BCUT2D eigenvalue weighted by atomic mass is 9.95. The fraction of sp³-hybridized carbons (Fsp3) is 0.312. The third-order valence-electron chi connectivity index (χ3n) is 3.62. The number of aromatic nitrogens is 1. The molecule has 0 spiro atoms. The summed E-state index contributed by atoms with van der Waals surface area (Å²) in [7, 11) is 0. The van der Waals surface area contributed by atoms with Crippen LogP contribution in [0.15, 0.2) is 48.7 Å². The first-order valence-electron chi connectivity index (χ1n) is 6.87. The zero-order valence-corrected chi connectivity index (χ0v) is 11.1. The van der Waals surface area contributed by atoms with Crippen LogP contribution >= 0.6 is 0 Å². The number of nitrogens with one attached hydrogen (secondary N) is 1. The summed E-state index contributed by atoms with van der Waals surface area (Å²) in [6.07, 6.45) is 2.49. The van der Waals surface area contributed by atoms with Gasteiger partial charge in [-0.3, -0.25) is 0 Å². The Morgan fingerprint density at radius 3 is 2.70 bits per heavy atom. The van der Waals surface area contributed by atoms with Crippen LogP contribution < -0.4 is 10.1 Å². The van der Waals surface area contributed by atoms with Crippen LogP contribution in [0.1, 0.15) is 18.1 Å². The number of nitrogens with zero attached hydrogens (tertiary/aromatic N) is 1. The van der Waals surface area contributed by atoms with Gasteiger partial charge in [0.15, 0.2) is 0 Å². The van der Waals surface area contributed by atoms with E-state index >= 15 is 0 Å². The Balaban J connectivity index is 1.83. The summed E-state index contributed by atoms with van der Waals surface area (Å²) in [5.74, 6) is 0.533. The molecule has 1 saturated heterocycles. The Labute approximate surface area is 117 Å². The maximum Gasteiger partial charge on any atom is 0.213 e. The third-order valence-corrected chi connectivity index (χ3v) is 3.62. The summed E-state index contributed by atoms with van der Waals surface area (Å²) in [6, 6.07) is 13.1. The summed E-state index contributed by atoms with van der Waals surface area (Å²) >= 11 is 0. The smallest absolute Gasteiger partial charge is 0.213 e. The minimum absolute atomic E-state index is 0.0292. The van der Waals surface area contributed by atoms with E-state index in [1.54, 1.807) is 6.07 Å². The molecule has 0 bridgehead atoms. The van der Waals surface area contributed by atoms with Crippen LogP contribution in [0.25, 0.3) is 0 Å². The lowest BCUT2D eigenvalue weighted by molar-refractivity contribution is 0.143. The average molecular weight is 272 g/mol. The van der Waals surface area contributed by atoms with E-state index in [9.17, 15) is 4.39 Å². The van der Waals surface area contributed by atoms with Gasteiger partial charge in [-0.05, 0) is 30.7 Å². The second-order valence-corrected chi connectivity index (χ2v) is 5.02. The van der Waals surface area contributed by atoms with E-state index in [4.69, 9.17) is 4.74 Å². The van der Waals surface area contributed by atoms with E-state index in [0.29, 0.717) is 11.7 Å². The molecule has 0 aliphatic carbocycles. The average Bonchev–Trinajstić information content (AvgIpc) is 3.01. The molecule has 1 fully saturated rings. The maximum absolute atomic E-state index is 12.9. The van der Waals surface area contributed by atoms with Crippen LogP contribution in [0.4, 0.5) is 4.39 Å². The van der Waals surface area contributed by atoms with Crippen LogP contribution in [0.2, 0.25) is 0 Å². The Bertz CT molecular complexity index is 538. The molecule has 1 N–H and O–H groups in total. The lowest BCUT2D eigenvalue weighted by Gasteiger charge is -2.24. The zero-order chi connectivity index (χ0) is 13.8. The van der Waals surface area contributed by atoms with Crippen LogP contribution in [0, 0.1) is 11.9 Å². The lowest BCUT2D eigenvalue weighted by Crippen LogP contribution is -2.21. The van der Waals surface area contributed by atoms with Crippen molar-refractivity contribution in [3.05, 3.63) is 60.2 Å². The number of rotatable bonds is 4. The van der Waals surface area contributed by atoms with Gasteiger partial charge in [-0.2, -0.15) is 4.39 Å². The molecule has 20 heavy (non-hydrogen) atoms. The molecule has 1 aromatic carbocycles. The minimum atomic E-state index is -0.490. The normalized spacial score (nSPS) is 19.8. The first-order valence-corrected chi connectivity index (χ1v) is 6.87. The number of hydrogen-bond donors (Lipinski definition) is 1. The number of ether oxygens (including phenoxy) is 1. The van der Waals surface area contributed by atoms with Gasteiger partial charge in [0.1, 0.15) is 11.9 Å². The maximum atomic E-state index is 12.9. The first-order chi connectivity index (χ1) is 9.83. The fourth-order valence-electron chi connectivity index (χ4n) is 2.59. The molecule has 4 heteroatoms. The van der Waals surface area contributed by atoms with Gasteiger partial charge < -0.3 is 10.1 Å². The molecule has 3 nitrogen and oxygen atoms in total. The molecular weight excluding hydrogens is 255 g/mol. The molecular formula is C16H17FN2O. The molecule has 0 amide bonds. The highest BCUT2D eigenvalue weighted by Crippen LogP contribution is 2.31. The van der Waals surface area contributed by atoms with E-state index in [1.165, 1.54) is 12.3 Å². The van der Waals surface area contributed by atoms with Crippen LogP contribution in [-0.2, 0) is 0 Å². The second kappa shape index (κ2) is 6.01. The predicted octanol–water partition coefficient (Wildman–Crippen LogP) is 2.95. The molecule has 2 heterocycles. The molecule has 0 radical (unpaired) electrons. The quantitative estimate of drug-likeness (QED) is 0.869. The van der Waals surface area contributed by atoms with Crippen molar-refractivity contribution in [1.82, 2.24) is 10.3 Å². The predicted molar refractivity (Wildman–Crippen MR) is 75.0 cm³/mol. The van der Waals surface area contributed by atoms with Crippen LogP contribution in [0.5, 0.6) is 5.75 Å². The Morgan fingerprint density at radius 1 is 1.20 bits per heavy atom. The van der Waals surface area contributed by atoms with Gasteiger partial charge in [-0.1, -0.05) is 30.3 Å². The standard InChI is InChI=1S/C16H17FN2O/c17-15-7-6-14(11-19-15)20-16(13-8-9-18-10-13)12-4-2-1-3-5-12/h1-7,11,13,16,18H,8-10H2/t13?,16-/m0/s1. The second-order valence-electron chi connectivity index (χ2n) is 5.02. The highest BCUT2D eigenvalue weighted by Gasteiger charge is 2.28. The molecule has 104 valence electrons. The largest absolute Gasteiger partial charge is 0.484 e. The number of hydrogen-bond acceptors (Lipinski definition) is 3. The van der Waals surface area contributed by atoms with Crippen molar-refractivity contribution in [2.45, 2.75) is 12.5 Å². The molecule has 3 rings (SSSR count). The van der Waals surface area contributed by atoms with Crippen molar-refractivity contribution < 1.29 is 9.13 Å². The van der Waals surface area contributed by atoms with Gasteiger partial charge in [-0.15, -0.1) is 0 Å².